The number of halogens is 1. The molecule has 0 radical (unpaired) electrons. The molecule has 26 heavy (non-hydrogen) atoms. The van der Waals surface area contributed by atoms with E-state index in [9.17, 15) is 0 Å². The van der Waals surface area contributed by atoms with Crippen LogP contribution in [0.2, 0.25) is 5.02 Å². The molecule has 1 aliphatic rings. The zero-order chi connectivity index (χ0) is 17.9. The molecular formula is C19H19ClN4O2. The first-order valence-corrected chi connectivity index (χ1v) is 8.83. The van der Waals surface area contributed by atoms with E-state index in [1.807, 2.05) is 36.4 Å². The Morgan fingerprint density at radius 3 is 2.58 bits per heavy atom. The molecule has 2 aromatic carbocycles. The fourth-order valence-electron chi connectivity index (χ4n) is 2.90. The Bertz CT molecular complexity index is 864. The highest BCUT2D eigenvalue weighted by atomic mass is 35.5. The van der Waals surface area contributed by atoms with Gasteiger partial charge in [0.1, 0.15) is 12.4 Å². The van der Waals surface area contributed by atoms with E-state index in [0.29, 0.717) is 31.0 Å². The van der Waals surface area contributed by atoms with Crippen LogP contribution in [0.3, 0.4) is 0 Å². The van der Waals surface area contributed by atoms with Crippen molar-refractivity contribution in [3.8, 4) is 5.75 Å². The summed E-state index contributed by atoms with van der Waals surface area (Å²) in [5.74, 6) is 1.87. The lowest BCUT2D eigenvalue weighted by Crippen LogP contribution is -2.17. The third-order valence-electron chi connectivity index (χ3n) is 4.42. The largest absolute Gasteiger partial charge is 0.489 e. The molecule has 3 aromatic rings. The molecule has 1 aliphatic carbocycles. The molecule has 1 aromatic heterocycles. The quantitative estimate of drug-likeness (QED) is 0.661. The zero-order valence-electron chi connectivity index (χ0n) is 14.1. The maximum Gasteiger partial charge on any atom is 0.312 e. The number of aromatic nitrogens is 2. The van der Waals surface area contributed by atoms with Crippen molar-refractivity contribution >= 4 is 17.6 Å². The molecule has 0 amide bonds. The van der Waals surface area contributed by atoms with Crippen LogP contribution >= 0.6 is 11.6 Å². The molecule has 1 saturated carbocycles. The van der Waals surface area contributed by atoms with Gasteiger partial charge in [0.25, 0.3) is 0 Å². The number of nitrogens with two attached hydrogens (primary N) is 1. The summed E-state index contributed by atoms with van der Waals surface area (Å²) in [6, 6.07) is 16.5. The zero-order valence-corrected chi connectivity index (χ0v) is 14.8. The molecule has 0 spiro atoms. The molecule has 0 unspecified atom stereocenters. The van der Waals surface area contributed by atoms with Gasteiger partial charge in [-0.3, -0.25) is 0 Å². The van der Waals surface area contributed by atoms with E-state index in [1.165, 1.54) is 5.56 Å². The number of hydrogen-bond acceptors (Lipinski definition) is 6. The smallest absolute Gasteiger partial charge is 0.312 e. The Labute approximate surface area is 156 Å². The standard InChI is InChI=1S/C19H19ClN4O2/c20-14-5-1-12(2-6-14)11-25-15-7-3-13(4-8-15)16-9-17(16)22-10-18-23-24-19(21)26-18/h1-8,16-17,22H,9-11H2,(H2,21,24)/t16-,17+/m0/s1. The van der Waals surface area contributed by atoms with E-state index in [2.05, 4.69) is 27.6 Å². The summed E-state index contributed by atoms with van der Waals surface area (Å²) in [5.41, 5.74) is 7.80. The van der Waals surface area contributed by atoms with Gasteiger partial charge in [0.15, 0.2) is 0 Å². The second-order valence-corrected chi connectivity index (χ2v) is 6.78. The summed E-state index contributed by atoms with van der Waals surface area (Å²) < 4.78 is 11.0. The lowest BCUT2D eigenvalue weighted by molar-refractivity contribution is 0.306. The predicted octanol–water partition coefficient (Wildman–Crippen LogP) is 3.53. The van der Waals surface area contributed by atoms with Crippen molar-refractivity contribution < 1.29 is 9.15 Å². The van der Waals surface area contributed by atoms with Crippen LogP contribution in [0, 0.1) is 0 Å². The normalized spacial score (nSPS) is 18.7. The summed E-state index contributed by atoms with van der Waals surface area (Å²) in [5, 5.41) is 11.6. The van der Waals surface area contributed by atoms with Gasteiger partial charge in [0, 0.05) is 17.0 Å². The SMILES string of the molecule is Nc1nnc(CN[C@@H]2C[C@H]2c2ccc(OCc3ccc(Cl)cc3)cc2)o1. The van der Waals surface area contributed by atoms with Crippen molar-refractivity contribution in [3.63, 3.8) is 0 Å². The molecule has 0 saturated heterocycles. The van der Waals surface area contributed by atoms with Crippen molar-refractivity contribution in [1.29, 1.82) is 0 Å². The molecule has 3 N–H and O–H groups in total. The van der Waals surface area contributed by atoms with Gasteiger partial charge in [-0.25, -0.2) is 0 Å². The number of anilines is 1. The van der Waals surface area contributed by atoms with Gasteiger partial charge in [-0.2, -0.15) is 0 Å². The van der Waals surface area contributed by atoms with Gasteiger partial charge >= 0.3 is 6.01 Å². The van der Waals surface area contributed by atoms with Gasteiger partial charge < -0.3 is 20.2 Å². The first kappa shape index (κ1) is 16.9. The van der Waals surface area contributed by atoms with E-state index >= 15 is 0 Å². The van der Waals surface area contributed by atoms with Crippen LogP contribution in [0.5, 0.6) is 5.75 Å². The highest BCUT2D eigenvalue weighted by Gasteiger charge is 2.38. The second-order valence-electron chi connectivity index (χ2n) is 6.35. The van der Waals surface area contributed by atoms with Crippen molar-refractivity contribution in [2.75, 3.05) is 5.73 Å². The van der Waals surface area contributed by atoms with Gasteiger partial charge in [0.05, 0.1) is 6.54 Å². The van der Waals surface area contributed by atoms with Crippen molar-refractivity contribution in [2.24, 2.45) is 0 Å². The average molecular weight is 371 g/mol. The van der Waals surface area contributed by atoms with E-state index in [4.69, 9.17) is 26.5 Å². The fraction of sp³-hybridized carbons (Fsp3) is 0.263. The monoisotopic (exact) mass is 370 g/mol. The first-order chi connectivity index (χ1) is 12.7. The predicted molar refractivity (Wildman–Crippen MR) is 98.9 cm³/mol. The van der Waals surface area contributed by atoms with Crippen LogP contribution < -0.4 is 15.8 Å². The summed E-state index contributed by atoms with van der Waals surface area (Å²) in [6.07, 6.45) is 1.09. The summed E-state index contributed by atoms with van der Waals surface area (Å²) in [4.78, 5) is 0. The number of ether oxygens (including phenoxy) is 1. The Kier molecular flexibility index (Phi) is 4.77. The molecule has 7 heteroatoms. The summed E-state index contributed by atoms with van der Waals surface area (Å²) in [7, 11) is 0. The van der Waals surface area contributed by atoms with E-state index in [0.717, 1.165) is 22.8 Å². The Morgan fingerprint density at radius 1 is 1.12 bits per heavy atom. The molecule has 0 aliphatic heterocycles. The van der Waals surface area contributed by atoms with Crippen LogP contribution in [0.4, 0.5) is 6.01 Å². The molecule has 1 fully saturated rings. The lowest BCUT2D eigenvalue weighted by atomic mass is 10.1. The highest BCUT2D eigenvalue weighted by Crippen LogP contribution is 2.41. The maximum absolute atomic E-state index is 5.89. The van der Waals surface area contributed by atoms with Gasteiger partial charge in [-0.05, 0) is 41.8 Å². The molecule has 2 atom stereocenters. The van der Waals surface area contributed by atoms with Crippen LogP contribution in [-0.2, 0) is 13.2 Å². The minimum atomic E-state index is 0.100. The summed E-state index contributed by atoms with van der Waals surface area (Å²) in [6.45, 7) is 1.06. The number of benzene rings is 2. The molecule has 6 nitrogen and oxygen atoms in total. The highest BCUT2D eigenvalue weighted by molar-refractivity contribution is 6.30. The Hall–Kier alpha value is -2.57. The van der Waals surface area contributed by atoms with Crippen LogP contribution in [0.1, 0.15) is 29.4 Å². The lowest BCUT2D eigenvalue weighted by Gasteiger charge is -2.08. The summed E-state index contributed by atoms with van der Waals surface area (Å²) >= 11 is 5.89. The van der Waals surface area contributed by atoms with Gasteiger partial charge in [-0.15, -0.1) is 5.10 Å². The molecule has 134 valence electrons. The molecule has 0 bridgehead atoms. The van der Waals surface area contributed by atoms with E-state index < -0.39 is 0 Å². The van der Waals surface area contributed by atoms with Gasteiger partial charge in [0.2, 0.25) is 5.89 Å². The van der Waals surface area contributed by atoms with Crippen molar-refractivity contribution in [3.05, 3.63) is 70.6 Å². The minimum Gasteiger partial charge on any atom is -0.489 e. The average Bonchev–Trinajstić information content (AvgIpc) is 3.32. The Balaban J connectivity index is 1.26. The number of rotatable bonds is 7. The molecule has 4 rings (SSSR count). The second kappa shape index (κ2) is 7.35. The fourth-order valence-corrected chi connectivity index (χ4v) is 3.03. The van der Waals surface area contributed by atoms with Crippen LogP contribution in [0.25, 0.3) is 0 Å². The Morgan fingerprint density at radius 2 is 1.88 bits per heavy atom. The number of nitrogen functional groups attached to an aromatic ring is 1. The third-order valence-corrected chi connectivity index (χ3v) is 4.67. The minimum absolute atomic E-state index is 0.100. The molecular weight excluding hydrogens is 352 g/mol. The van der Waals surface area contributed by atoms with Crippen molar-refractivity contribution in [2.45, 2.75) is 31.5 Å². The van der Waals surface area contributed by atoms with Crippen LogP contribution in [-0.4, -0.2) is 16.2 Å². The van der Waals surface area contributed by atoms with Crippen molar-refractivity contribution in [1.82, 2.24) is 15.5 Å². The number of hydrogen-bond donors (Lipinski definition) is 2. The third kappa shape index (κ3) is 4.15. The maximum atomic E-state index is 5.89. The first-order valence-electron chi connectivity index (χ1n) is 8.46. The number of nitrogens with zero attached hydrogens (tertiary/aromatic N) is 2. The van der Waals surface area contributed by atoms with Gasteiger partial charge in [-0.1, -0.05) is 41.0 Å². The van der Waals surface area contributed by atoms with E-state index in [-0.39, 0.29) is 6.01 Å². The topological polar surface area (TPSA) is 86.2 Å². The molecule has 1 heterocycles. The van der Waals surface area contributed by atoms with Crippen LogP contribution in [0.15, 0.2) is 52.9 Å². The number of nitrogens with one attached hydrogen (secondary N) is 1. The van der Waals surface area contributed by atoms with E-state index in [1.54, 1.807) is 0 Å².